The zero-order chi connectivity index (χ0) is 14.4. The summed E-state index contributed by atoms with van der Waals surface area (Å²) in [5.41, 5.74) is 6.51. The maximum atomic E-state index is 11.8. The third-order valence-corrected chi connectivity index (χ3v) is 2.91. The first-order valence-corrected chi connectivity index (χ1v) is 6.69. The molecule has 0 aliphatic heterocycles. The summed E-state index contributed by atoms with van der Waals surface area (Å²) < 4.78 is 1.79. The largest absolute Gasteiger partial charge is 0.327 e. The molecule has 0 aliphatic rings. The molecular formula is C14H19N5O. The fourth-order valence-corrected chi connectivity index (χ4v) is 1.93. The number of anilines is 1. The molecule has 1 amide bonds. The van der Waals surface area contributed by atoms with Crippen LogP contribution in [-0.4, -0.2) is 26.5 Å². The van der Waals surface area contributed by atoms with Crippen LogP contribution in [0.4, 0.5) is 5.69 Å². The van der Waals surface area contributed by atoms with E-state index in [0.717, 1.165) is 18.7 Å². The number of rotatable bonds is 6. The maximum Gasteiger partial charge on any atom is 0.225 e. The number of aromatic nitrogens is 3. The zero-order valence-corrected chi connectivity index (χ0v) is 11.5. The van der Waals surface area contributed by atoms with Gasteiger partial charge in [0.2, 0.25) is 5.91 Å². The number of carbonyl (C=O) groups is 1. The second kappa shape index (κ2) is 6.81. The molecule has 2 aromatic rings. The molecule has 2 heterocycles. The van der Waals surface area contributed by atoms with Crippen LogP contribution >= 0.6 is 0 Å². The predicted octanol–water partition coefficient (Wildman–Crippen LogP) is 1.72. The molecule has 20 heavy (non-hydrogen) atoms. The van der Waals surface area contributed by atoms with Gasteiger partial charge in [-0.15, -0.1) is 0 Å². The van der Waals surface area contributed by atoms with Gasteiger partial charge in [0.25, 0.3) is 0 Å². The fraction of sp³-hybridized carbons (Fsp3) is 0.357. The molecule has 106 valence electrons. The van der Waals surface area contributed by atoms with E-state index in [4.69, 9.17) is 5.73 Å². The van der Waals surface area contributed by atoms with Gasteiger partial charge in [0, 0.05) is 24.9 Å². The number of hydrogen-bond acceptors (Lipinski definition) is 4. The van der Waals surface area contributed by atoms with Crippen molar-refractivity contribution in [1.29, 1.82) is 0 Å². The quantitative estimate of drug-likeness (QED) is 0.839. The van der Waals surface area contributed by atoms with Crippen molar-refractivity contribution in [1.82, 2.24) is 14.5 Å². The SMILES string of the molecule is CCCC(N)CC(=O)Nc1ccc(-n2ccnc2)nc1. The van der Waals surface area contributed by atoms with Crippen molar-refractivity contribution < 1.29 is 4.79 Å². The molecule has 2 aromatic heterocycles. The maximum absolute atomic E-state index is 11.8. The van der Waals surface area contributed by atoms with Crippen molar-refractivity contribution in [3.8, 4) is 5.82 Å². The first-order chi connectivity index (χ1) is 9.69. The van der Waals surface area contributed by atoms with Gasteiger partial charge >= 0.3 is 0 Å². The second-order valence-electron chi connectivity index (χ2n) is 4.68. The number of nitrogens with zero attached hydrogens (tertiary/aromatic N) is 3. The molecule has 2 rings (SSSR count). The average molecular weight is 273 g/mol. The van der Waals surface area contributed by atoms with Gasteiger partial charge < -0.3 is 11.1 Å². The lowest BCUT2D eigenvalue weighted by Gasteiger charge is -2.10. The van der Waals surface area contributed by atoms with Crippen LogP contribution in [0.2, 0.25) is 0 Å². The molecule has 3 N–H and O–H groups in total. The third-order valence-electron chi connectivity index (χ3n) is 2.91. The molecule has 0 radical (unpaired) electrons. The standard InChI is InChI=1S/C14H19N5O/c1-2-3-11(15)8-14(20)18-12-4-5-13(17-9-12)19-7-6-16-10-19/h4-7,9-11H,2-3,8,15H2,1H3,(H,18,20). The van der Waals surface area contributed by atoms with Gasteiger partial charge in [-0.1, -0.05) is 13.3 Å². The molecule has 0 fully saturated rings. The van der Waals surface area contributed by atoms with Crippen LogP contribution < -0.4 is 11.1 Å². The van der Waals surface area contributed by atoms with Gasteiger partial charge in [-0.3, -0.25) is 9.36 Å². The Morgan fingerprint density at radius 3 is 2.95 bits per heavy atom. The van der Waals surface area contributed by atoms with Crippen molar-refractivity contribution >= 4 is 11.6 Å². The summed E-state index contributed by atoms with van der Waals surface area (Å²) in [5.74, 6) is 0.673. The minimum absolute atomic E-state index is 0.0804. The van der Waals surface area contributed by atoms with Crippen molar-refractivity contribution in [2.24, 2.45) is 5.73 Å². The van der Waals surface area contributed by atoms with E-state index in [9.17, 15) is 4.79 Å². The lowest BCUT2D eigenvalue weighted by Crippen LogP contribution is -2.26. The smallest absolute Gasteiger partial charge is 0.225 e. The number of nitrogens with one attached hydrogen (secondary N) is 1. The molecule has 0 aromatic carbocycles. The van der Waals surface area contributed by atoms with Gasteiger partial charge in [-0.2, -0.15) is 0 Å². The van der Waals surface area contributed by atoms with E-state index in [1.54, 1.807) is 23.3 Å². The Labute approximate surface area is 118 Å². The minimum Gasteiger partial charge on any atom is -0.327 e. The summed E-state index contributed by atoms with van der Waals surface area (Å²) in [4.78, 5) is 20.0. The van der Waals surface area contributed by atoms with Gasteiger partial charge in [0.15, 0.2) is 0 Å². The number of nitrogens with two attached hydrogens (primary N) is 1. The number of pyridine rings is 1. The minimum atomic E-state index is -0.0850. The molecule has 0 aliphatic carbocycles. The van der Waals surface area contributed by atoms with E-state index in [1.807, 2.05) is 18.3 Å². The second-order valence-corrected chi connectivity index (χ2v) is 4.68. The zero-order valence-electron chi connectivity index (χ0n) is 11.5. The normalized spacial score (nSPS) is 12.1. The van der Waals surface area contributed by atoms with Gasteiger partial charge in [0.1, 0.15) is 12.1 Å². The van der Waals surface area contributed by atoms with Crippen molar-refractivity contribution in [3.63, 3.8) is 0 Å². The van der Waals surface area contributed by atoms with Gasteiger partial charge in [0.05, 0.1) is 11.9 Å². The van der Waals surface area contributed by atoms with E-state index in [1.165, 1.54) is 0 Å². The molecule has 1 unspecified atom stereocenters. The molecule has 1 atom stereocenters. The van der Waals surface area contributed by atoms with Gasteiger partial charge in [-0.25, -0.2) is 9.97 Å². The number of amides is 1. The molecule has 6 heteroatoms. The topological polar surface area (TPSA) is 85.8 Å². The first kappa shape index (κ1) is 14.2. The molecular weight excluding hydrogens is 254 g/mol. The summed E-state index contributed by atoms with van der Waals surface area (Å²) in [6, 6.07) is 3.55. The van der Waals surface area contributed by atoms with Crippen molar-refractivity contribution in [3.05, 3.63) is 37.1 Å². The van der Waals surface area contributed by atoms with Crippen LogP contribution in [-0.2, 0) is 4.79 Å². The molecule has 6 nitrogen and oxygen atoms in total. The fourth-order valence-electron chi connectivity index (χ4n) is 1.93. The Morgan fingerprint density at radius 1 is 1.50 bits per heavy atom. The predicted molar refractivity (Wildman–Crippen MR) is 77.5 cm³/mol. The van der Waals surface area contributed by atoms with Crippen molar-refractivity contribution in [2.45, 2.75) is 32.2 Å². The average Bonchev–Trinajstić information content (AvgIpc) is 2.93. The van der Waals surface area contributed by atoms with E-state index in [-0.39, 0.29) is 11.9 Å². The van der Waals surface area contributed by atoms with E-state index in [0.29, 0.717) is 12.1 Å². The summed E-state index contributed by atoms with van der Waals surface area (Å²) >= 11 is 0. The summed E-state index contributed by atoms with van der Waals surface area (Å²) in [6.07, 6.45) is 8.96. The van der Waals surface area contributed by atoms with Crippen LogP contribution in [0.3, 0.4) is 0 Å². The lowest BCUT2D eigenvalue weighted by atomic mass is 10.1. The van der Waals surface area contributed by atoms with Crippen LogP contribution in [0.1, 0.15) is 26.2 Å². The Kier molecular flexibility index (Phi) is 4.84. The highest BCUT2D eigenvalue weighted by Crippen LogP contribution is 2.10. The van der Waals surface area contributed by atoms with Crippen LogP contribution in [0.15, 0.2) is 37.1 Å². The summed E-state index contributed by atoms with van der Waals surface area (Å²) in [5, 5.41) is 2.80. The Balaban J connectivity index is 1.92. The van der Waals surface area contributed by atoms with Crippen LogP contribution in [0.25, 0.3) is 5.82 Å². The number of hydrogen-bond donors (Lipinski definition) is 2. The molecule has 0 saturated carbocycles. The highest BCUT2D eigenvalue weighted by molar-refractivity contribution is 5.90. The first-order valence-electron chi connectivity index (χ1n) is 6.69. The number of carbonyl (C=O) groups excluding carboxylic acids is 1. The van der Waals surface area contributed by atoms with Crippen LogP contribution in [0, 0.1) is 0 Å². The highest BCUT2D eigenvalue weighted by atomic mass is 16.1. The van der Waals surface area contributed by atoms with Gasteiger partial charge in [-0.05, 0) is 18.6 Å². The highest BCUT2D eigenvalue weighted by Gasteiger charge is 2.09. The Bertz CT molecular complexity index is 535. The number of imidazole rings is 1. The third kappa shape index (κ3) is 3.89. The molecule has 0 bridgehead atoms. The van der Waals surface area contributed by atoms with Crippen LogP contribution in [0.5, 0.6) is 0 Å². The monoisotopic (exact) mass is 273 g/mol. The molecule has 0 spiro atoms. The Hall–Kier alpha value is -2.21. The summed E-state index contributed by atoms with van der Waals surface area (Å²) in [6.45, 7) is 2.05. The molecule has 0 saturated heterocycles. The Morgan fingerprint density at radius 2 is 2.35 bits per heavy atom. The lowest BCUT2D eigenvalue weighted by molar-refractivity contribution is -0.116. The van der Waals surface area contributed by atoms with E-state index < -0.39 is 0 Å². The van der Waals surface area contributed by atoms with Crippen molar-refractivity contribution in [2.75, 3.05) is 5.32 Å². The summed E-state index contributed by atoms with van der Waals surface area (Å²) in [7, 11) is 0. The van der Waals surface area contributed by atoms with E-state index in [2.05, 4.69) is 22.2 Å². The van der Waals surface area contributed by atoms with E-state index >= 15 is 0 Å².